The molecule has 0 bridgehead atoms. The summed E-state index contributed by atoms with van der Waals surface area (Å²) in [6.07, 6.45) is 9.73. The fraction of sp³-hybridized carbons (Fsp3) is 0.667. The van der Waals surface area contributed by atoms with Crippen molar-refractivity contribution in [1.82, 2.24) is 4.98 Å². The first-order chi connectivity index (χ1) is 9.78. The predicted molar refractivity (Wildman–Crippen MR) is 78.4 cm³/mol. The minimum Gasteiger partial charge on any atom is -0.302 e. The summed E-state index contributed by atoms with van der Waals surface area (Å²) in [5, 5.41) is 12.3. The molecule has 2 aliphatic rings. The Morgan fingerprint density at radius 3 is 3.00 bits per heavy atom. The molecule has 0 aromatic carbocycles. The molecule has 4 nitrogen and oxygen atoms in total. The molecule has 0 saturated heterocycles. The zero-order valence-corrected chi connectivity index (χ0v) is 12.3. The summed E-state index contributed by atoms with van der Waals surface area (Å²) in [5.41, 5.74) is 0. The van der Waals surface area contributed by atoms with E-state index in [1.54, 1.807) is 11.3 Å². The molecule has 20 heavy (non-hydrogen) atoms. The van der Waals surface area contributed by atoms with E-state index in [0.29, 0.717) is 12.3 Å². The number of nitrogens with one attached hydrogen (secondary N) is 1. The molecule has 1 aromatic heterocycles. The SMILES string of the molecule is N#CC[C@H]1C[C@H]1C(=O)Nc1ncc(C2CCCCC2)s1. The number of rotatable bonds is 4. The van der Waals surface area contributed by atoms with Crippen LogP contribution in [0.25, 0.3) is 0 Å². The van der Waals surface area contributed by atoms with Crippen molar-refractivity contribution in [3.63, 3.8) is 0 Å². The summed E-state index contributed by atoms with van der Waals surface area (Å²) >= 11 is 1.62. The number of carbonyl (C=O) groups is 1. The van der Waals surface area contributed by atoms with Crippen molar-refractivity contribution in [1.29, 1.82) is 5.26 Å². The van der Waals surface area contributed by atoms with Gasteiger partial charge >= 0.3 is 0 Å². The van der Waals surface area contributed by atoms with Crippen LogP contribution in [0.1, 0.15) is 55.7 Å². The van der Waals surface area contributed by atoms with Crippen molar-refractivity contribution in [2.75, 3.05) is 5.32 Å². The normalized spacial score (nSPS) is 25.9. The highest BCUT2D eigenvalue weighted by Crippen LogP contribution is 2.42. The highest BCUT2D eigenvalue weighted by atomic mass is 32.1. The van der Waals surface area contributed by atoms with E-state index in [-0.39, 0.29) is 17.7 Å². The Balaban J connectivity index is 1.55. The van der Waals surface area contributed by atoms with Crippen LogP contribution in [0.5, 0.6) is 0 Å². The summed E-state index contributed by atoms with van der Waals surface area (Å²) in [5.74, 6) is 0.961. The van der Waals surface area contributed by atoms with E-state index in [9.17, 15) is 4.79 Å². The number of anilines is 1. The molecule has 1 aromatic rings. The molecule has 1 heterocycles. The molecule has 2 atom stereocenters. The smallest absolute Gasteiger partial charge is 0.229 e. The number of hydrogen-bond acceptors (Lipinski definition) is 4. The molecular formula is C15H19N3OS. The van der Waals surface area contributed by atoms with Crippen LogP contribution in [0.15, 0.2) is 6.20 Å². The van der Waals surface area contributed by atoms with E-state index in [2.05, 4.69) is 16.4 Å². The topological polar surface area (TPSA) is 65.8 Å². The summed E-state index contributed by atoms with van der Waals surface area (Å²) in [4.78, 5) is 17.6. The van der Waals surface area contributed by atoms with Crippen molar-refractivity contribution in [3.8, 4) is 6.07 Å². The zero-order chi connectivity index (χ0) is 13.9. The van der Waals surface area contributed by atoms with Crippen molar-refractivity contribution < 1.29 is 4.79 Å². The van der Waals surface area contributed by atoms with Crippen LogP contribution in [-0.4, -0.2) is 10.9 Å². The molecule has 2 saturated carbocycles. The molecule has 1 N–H and O–H groups in total. The van der Waals surface area contributed by atoms with Crippen LogP contribution in [0.2, 0.25) is 0 Å². The van der Waals surface area contributed by atoms with E-state index < -0.39 is 0 Å². The van der Waals surface area contributed by atoms with Crippen LogP contribution >= 0.6 is 11.3 Å². The van der Waals surface area contributed by atoms with Crippen molar-refractivity contribution in [3.05, 3.63) is 11.1 Å². The number of hydrogen-bond donors (Lipinski definition) is 1. The van der Waals surface area contributed by atoms with Crippen LogP contribution in [0, 0.1) is 23.2 Å². The lowest BCUT2D eigenvalue weighted by atomic mass is 9.89. The molecule has 2 fully saturated rings. The minimum absolute atomic E-state index is 0.0247. The van der Waals surface area contributed by atoms with E-state index in [0.717, 1.165) is 11.6 Å². The summed E-state index contributed by atoms with van der Waals surface area (Å²) in [6.45, 7) is 0. The van der Waals surface area contributed by atoms with Gasteiger partial charge in [0.15, 0.2) is 5.13 Å². The van der Waals surface area contributed by atoms with Gasteiger partial charge in [-0.15, -0.1) is 11.3 Å². The molecule has 0 radical (unpaired) electrons. The van der Waals surface area contributed by atoms with Gasteiger partial charge in [-0.05, 0) is 31.1 Å². The number of nitrogens with zero attached hydrogens (tertiary/aromatic N) is 2. The Morgan fingerprint density at radius 1 is 1.45 bits per heavy atom. The number of nitriles is 1. The number of aromatic nitrogens is 1. The zero-order valence-electron chi connectivity index (χ0n) is 11.5. The Morgan fingerprint density at radius 2 is 2.25 bits per heavy atom. The first-order valence-corrected chi connectivity index (χ1v) is 8.23. The fourth-order valence-corrected chi connectivity index (χ4v) is 4.02. The van der Waals surface area contributed by atoms with Gasteiger partial charge in [0.05, 0.1) is 6.07 Å². The van der Waals surface area contributed by atoms with Gasteiger partial charge < -0.3 is 5.32 Å². The average Bonchev–Trinajstić information content (AvgIpc) is 3.09. The Hall–Kier alpha value is -1.41. The Labute approximate surface area is 123 Å². The van der Waals surface area contributed by atoms with Gasteiger partial charge in [-0.3, -0.25) is 4.79 Å². The second-order valence-electron chi connectivity index (χ2n) is 5.86. The number of amides is 1. The van der Waals surface area contributed by atoms with Crippen LogP contribution in [0.3, 0.4) is 0 Å². The van der Waals surface area contributed by atoms with E-state index >= 15 is 0 Å². The maximum absolute atomic E-state index is 12.0. The quantitative estimate of drug-likeness (QED) is 0.919. The average molecular weight is 289 g/mol. The Kier molecular flexibility index (Phi) is 4.02. The van der Waals surface area contributed by atoms with Crippen LogP contribution < -0.4 is 5.32 Å². The predicted octanol–water partition coefficient (Wildman–Crippen LogP) is 3.68. The van der Waals surface area contributed by atoms with E-state index in [1.165, 1.54) is 37.0 Å². The third kappa shape index (κ3) is 3.01. The van der Waals surface area contributed by atoms with Gasteiger partial charge in [0.1, 0.15) is 0 Å². The lowest BCUT2D eigenvalue weighted by Gasteiger charge is -2.19. The van der Waals surface area contributed by atoms with E-state index in [1.807, 2.05) is 6.20 Å². The summed E-state index contributed by atoms with van der Waals surface area (Å²) in [6, 6.07) is 2.13. The maximum Gasteiger partial charge on any atom is 0.229 e. The number of thiazole rings is 1. The molecule has 0 spiro atoms. The third-order valence-electron chi connectivity index (χ3n) is 4.37. The van der Waals surface area contributed by atoms with Crippen molar-refractivity contribution in [2.24, 2.45) is 11.8 Å². The third-order valence-corrected chi connectivity index (χ3v) is 5.45. The molecule has 2 aliphatic carbocycles. The first kappa shape index (κ1) is 13.6. The highest BCUT2D eigenvalue weighted by molar-refractivity contribution is 7.15. The second-order valence-corrected chi connectivity index (χ2v) is 6.92. The first-order valence-electron chi connectivity index (χ1n) is 7.41. The molecule has 0 aliphatic heterocycles. The summed E-state index contributed by atoms with van der Waals surface area (Å²) in [7, 11) is 0. The Bertz CT molecular complexity index is 527. The monoisotopic (exact) mass is 289 g/mol. The highest BCUT2D eigenvalue weighted by Gasteiger charge is 2.42. The van der Waals surface area contributed by atoms with Gasteiger partial charge in [0.25, 0.3) is 0 Å². The van der Waals surface area contributed by atoms with Gasteiger partial charge in [-0.2, -0.15) is 5.26 Å². The molecule has 0 unspecified atom stereocenters. The molecule has 5 heteroatoms. The lowest BCUT2D eigenvalue weighted by molar-refractivity contribution is -0.117. The van der Waals surface area contributed by atoms with Gasteiger partial charge in [0.2, 0.25) is 5.91 Å². The molecule has 1 amide bonds. The molecular weight excluding hydrogens is 270 g/mol. The minimum atomic E-state index is 0.0247. The van der Waals surface area contributed by atoms with Gasteiger partial charge in [0, 0.05) is 23.4 Å². The number of carbonyl (C=O) groups excluding carboxylic acids is 1. The second kappa shape index (κ2) is 5.92. The summed E-state index contributed by atoms with van der Waals surface area (Å²) < 4.78 is 0. The van der Waals surface area contributed by atoms with Crippen molar-refractivity contribution in [2.45, 2.75) is 50.9 Å². The van der Waals surface area contributed by atoms with Crippen molar-refractivity contribution >= 4 is 22.4 Å². The van der Waals surface area contributed by atoms with Gasteiger partial charge in [-0.25, -0.2) is 4.98 Å². The fourth-order valence-electron chi connectivity index (χ4n) is 3.03. The standard InChI is InChI=1S/C15H19N3OS/c16-7-6-11-8-12(11)14(19)18-15-17-9-13(20-15)10-4-2-1-3-5-10/h9-12H,1-6,8H2,(H,17,18,19)/t11-,12+/m0/s1. The maximum atomic E-state index is 12.0. The molecule has 3 rings (SSSR count). The van der Waals surface area contributed by atoms with Crippen LogP contribution in [-0.2, 0) is 4.79 Å². The van der Waals surface area contributed by atoms with Crippen LogP contribution in [0.4, 0.5) is 5.13 Å². The van der Waals surface area contributed by atoms with Gasteiger partial charge in [-0.1, -0.05) is 19.3 Å². The molecule has 106 valence electrons. The lowest BCUT2D eigenvalue weighted by Crippen LogP contribution is -2.14. The largest absolute Gasteiger partial charge is 0.302 e. The van der Waals surface area contributed by atoms with E-state index in [4.69, 9.17) is 5.26 Å².